The lowest BCUT2D eigenvalue weighted by Gasteiger charge is -2.34. The Bertz CT molecular complexity index is 1400. The van der Waals surface area contributed by atoms with Gasteiger partial charge in [0.15, 0.2) is 11.6 Å². The smallest absolute Gasteiger partial charge is 0.338 e. The number of fused-ring (bicyclic) bond motifs is 1. The molecule has 0 saturated carbocycles. The van der Waals surface area contributed by atoms with E-state index >= 15 is 0 Å². The number of aromatic nitrogens is 2. The molecule has 1 fully saturated rings. The highest BCUT2D eigenvalue weighted by atomic mass is 32.2. The van der Waals surface area contributed by atoms with Gasteiger partial charge >= 0.3 is 5.97 Å². The number of nitriles is 1. The van der Waals surface area contributed by atoms with Gasteiger partial charge in [0.1, 0.15) is 18.2 Å². The third kappa shape index (κ3) is 5.19. The van der Waals surface area contributed by atoms with Gasteiger partial charge in [-0.25, -0.2) is 18.2 Å². The summed E-state index contributed by atoms with van der Waals surface area (Å²) in [5.41, 5.74) is 1.13. The number of hydrogen-bond acceptors (Lipinski definition) is 8. The predicted molar refractivity (Wildman–Crippen MR) is 127 cm³/mol. The normalized spacial score (nSPS) is 19.7. The van der Waals surface area contributed by atoms with Crippen LogP contribution in [0.2, 0.25) is 0 Å². The molecule has 2 aromatic carbocycles. The molecule has 2 unspecified atom stereocenters. The number of rotatable bonds is 6. The first-order valence-electron chi connectivity index (χ1n) is 10.9. The van der Waals surface area contributed by atoms with Crippen LogP contribution >= 0.6 is 0 Å². The van der Waals surface area contributed by atoms with Gasteiger partial charge in [-0.2, -0.15) is 9.57 Å². The molecule has 0 bridgehead atoms. The van der Waals surface area contributed by atoms with Crippen LogP contribution in [-0.4, -0.2) is 65.7 Å². The van der Waals surface area contributed by atoms with Gasteiger partial charge in [-0.15, -0.1) is 0 Å². The number of benzene rings is 2. The number of H-pyrrole nitrogens is 1. The second-order valence-electron chi connectivity index (χ2n) is 8.22. The lowest BCUT2D eigenvalue weighted by atomic mass is 10.2. The fourth-order valence-electron chi connectivity index (χ4n) is 3.87. The van der Waals surface area contributed by atoms with E-state index in [1.54, 1.807) is 38.1 Å². The van der Waals surface area contributed by atoms with Crippen molar-refractivity contribution in [3.63, 3.8) is 0 Å². The van der Waals surface area contributed by atoms with Crippen LogP contribution in [0.25, 0.3) is 16.6 Å². The van der Waals surface area contributed by atoms with E-state index in [9.17, 15) is 23.6 Å². The molecule has 1 aliphatic rings. The maximum atomic E-state index is 13.1. The largest absolute Gasteiger partial charge is 0.507 e. The van der Waals surface area contributed by atoms with Gasteiger partial charge < -0.3 is 19.6 Å². The summed E-state index contributed by atoms with van der Waals surface area (Å²) in [6, 6.07) is 14.5. The van der Waals surface area contributed by atoms with Crippen LogP contribution in [0.4, 0.5) is 0 Å². The number of aromatic amines is 1. The van der Waals surface area contributed by atoms with Crippen LogP contribution in [0, 0.1) is 11.3 Å². The van der Waals surface area contributed by atoms with Crippen LogP contribution in [0.3, 0.4) is 0 Å². The molecular weight excluding hydrogens is 472 g/mol. The number of carbonyl (C=O) groups is 1. The first kappa shape index (κ1) is 24.4. The van der Waals surface area contributed by atoms with Gasteiger partial charge in [-0.1, -0.05) is 18.2 Å². The molecule has 0 radical (unpaired) electrons. The van der Waals surface area contributed by atoms with Crippen molar-refractivity contribution in [3.8, 4) is 6.07 Å². The predicted octanol–water partition coefficient (Wildman–Crippen LogP) is 3.01. The lowest BCUT2D eigenvalue weighted by Crippen LogP contribution is -2.48. The maximum Gasteiger partial charge on any atom is 0.338 e. The minimum atomic E-state index is -3.85. The number of allylic oxidation sites excluding steroid dienone is 1. The Labute approximate surface area is 202 Å². The van der Waals surface area contributed by atoms with Crippen molar-refractivity contribution >= 4 is 32.6 Å². The standard InChI is InChI=1S/C24H24N4O6S/c1-15-12-28(13-16(2)34-15)35(31,32)18-7-5-6-17(10-18)24(30)33-14-22(29)19(11-25)23-26-20-8-3-4-9-21(20)27-23/h3-10,15-16,29H,12-14H2,1-2H3,(H,26,27)/b22-19-. The number of aliphatic hydroxyl groups is 1. The summed E-state index contributed by atoms with van der Waals surface area (Å²) in [4.78, 5) is 19.8. The van der Waals surface area contributed by atoms with Crippen molar-refractivity contribution < 1.29 is 27.8 Å². The second kappa shape index (κ2) is 9.87. The molecule has 2 atom stereocenters. The van der Waals surface area contributed by atoms with Crippen molar-refractivity contribution in [2.45, 2.75) is 31.0 Å². The first-order valence-corrected chi connectivity index (χ1v) is 12.3. The van der Waals surface area contributed by atoms with E-state index in [0.29, 0.717) is 11.0 Å². The van der Waals surface area contributed by atoms with E-state index in [2.05, 4.69) is 9.97 Å². The molecule has 1 saturated heterocycles. The van der Waals surface area contributed by atoms with Crippen molar-refractivity contribution in [1.29, 1.82) is 5.26 Å². The Morgan fingerprint density at radius 1 is 1.23 bits per heavy atom. The van der Waals surface area contributed by atoms with Gasteiger partial charge in [-0.3, -0.25) is 0 Å². The molecule has 2 heterocycles. The number of esters is 1. The number of nitrogens with zero attached hydrogens (tertiary/aromatic N) is 3. The van der Waals surface area contributed by atoms with E-state index in [1.165, 1.54) is 28.6 Å². The number of morpholine rings is 1. The van der Waals surface area contributed by atoms with Crippen LogP contribution in [-0.2, 0) is 19.5 Å². The number of aliphatic hydroxyl groups excluding tert-OH is 1. The summed E-state index contributed by atoms with van der Waals surface area (Å²) in [5.74, 6) is -1.19. The fourth-order valence-corrected chi connectivity index (χ4v) is 5.51. The molecule has 11 heteroatoms. The van der Waals surface area contributed by atoms with Gasteiger partial charge in [-0.05, 0) is 44.2 Å². The highest BCUT2D eigenvalue weighted by molar-refractivity contribution is 7.89. The summed E-state index contributed by atoms with van der Waals surface area (Å²) in [5, 5.41) is 19.9. The summed E-state index contributed by atoms with van der Waals surface area (Å²) in [6.07, 6.45) is -0.505. The van der Waals surface area contributed by atoms with E-state index in [4.69, 9.17) is 9.47 Å². The highest BCUT2D eigenvalue weighted by Crippen LogP contribution is 2.23. The van der Waals surface area contributed by atoms with Crippen molar-refractivity contribution in [2.75, 3.05) is 19.7 Å². The average Bonchev–Trinajstić information content (AvgIpc) is 3.26. The molecule has 0 spiro atoms. The maximum absolute atomic E-state index is 13.1. The number of nitrogens with one attached hydrogen (secondary N) is 1. The van der Waals surface area contributed by atoms with Crippen LogP contribution < -0.4 is 0 Å². The fraction of sp³-hybridized carbons (Fsp3) is 0.292. The minimum Gasteiger partial charge on any atom is -0.507 e. The zero-order valence-corrected chi connectivity index (χ0v) is 19.9. The molecule has 3 aromatic rings. The number of para-hydroxylation sites is 2. The highest BCUT2D eigenvalue weighted by Gasteiger charge is 2.32. The Hall–Kier alpha value is -3.72. The molecule has 1 aliphatic heterocycles. The number of sulfonamides is 1. The van der Waals surface area contributed by atoms with Gasteiger partial charge in [0.05, 0.1) is 33.7 Å². The summed E-state index contributed by atoms with van der Waals surface area (Å²) in [7, 11) is -3.85. The van der Waals surface area contributed by atoms with Crippen LogP contribution in [0.15, 0.2) is 59.2 Å². The Balaban J connectivity index is 1.50. The van der Waals surface area contributed by atoms with E-state index in [-0.39, 0.29) is 47.2 Å². The molecule has 0 amide bonds. The quantitative estimate of drug-likeness (QED) is 0.301. The monoisotopic (exact) mass is 496 g/mol. The van der Waals surface area contributed by atoms with Crippen LogP contribution in [0.1, 0.15) is 30.0 Å². The van der Waals surface area contributed by atoms with Crippen molar-refractivity contribution in [3.05, 3.63) is 65.7 Å². The number of carbonyl (C=O) groups excluding carboxylic acids is 1. The summed E-state index contributed by atoms with van der Waals surface area (Å²) >= 11 is 0. The lowest BCUT2D eigenvalue weighted by molar-refractivity contribution is -0.0440. The Morgan fingerprint density at radius 2 is 1.94 bits per heavy atom. The second-order valence-corrected chi connectivity index (χ2v) is 10.2. The molecule has 2 N–H and O–H groups in total. The zero-order chi connectivity index (χ0) is 25.2. The number of hydrogen-bond donors (Lipinski definition) is 2. The topological polar surface area (TPSA) is 146 Å². The molecule has 10 nitrogen and oxygen atoms in total. The number of imidazole rings is 1. The van der Waals surface area contributed by atoms with E-state index in [0.717, 1.165) is 0 Å². The van der Waals surface area contributed by atoms with Gasteiger partial charge in [0.25, 0.3) is 0 Å². The summed E-state index contributed by atoms with van der Waals surface area (Å²) in [6.45, 7) is 3.42. The van der Waals surface area contributed by atoms with E-state index in [1.807, 2.05) is 6.07 Å². The minimum absolute atomic E-state index is 0.00419. The van der Waals surface area contributed by atoms with E-state index < -0.39 is 28.4 Å². The molecule has 0 aliphatic carbocycles. The molecule has 182 valence electrons. The van der Waals surface area contributed by atoms with Crippen molar-refractivity contribution in [2.24, 2.45) is 0 Å². The summed E-state index contributed by atoms with van der Waals surface area (Å²) < 4.78 is 38.3. The molecule has 1 aromatic heterocycles. The third-order valence-electron chi connectivity index (χ3n) is 5.46. The zero-order valence-electron chi connectivity index (χ0n) is 19.1. The third-order valence-corrected chi connectivity index (χ3v) is 7.29. The SMILES string of the molecule is CC1CN(S(=O)(=O)c2cccc(C(=O)OC/C(O)=C(\C#N)c3nc4ccccc4[nH]3)c2)CC(C)O1. The molecule has 35 heavy (non-hydrogen) atoms. The van der Waals surface area contributed by atoms with Gasteiger partial charge in [0, 0.05) is 13.1 Å². The van der Waals surface area contributed by atoms with Crippen LogP contribution in [0.5, 0.6) is 0 Å². The Kier molecular flexibility index (Phi) is 6.88. The number of ether oxygens (including phenoxy) is 2. The van der Waals surface area contributed by atoms with Crippen molar-refractivity contribution in [1.82, 2.24) is 14.3 Å². The first-order chi connectivity index (χ1) is 16.7. The van der Waals surface area contributed by atoms with Gasteiger partial charge in [0.2, 0.25) is 10.0 Å². The molecule has 4 rings (SSSR count). The Morgan fingerprint density at radius 3 is 2.63 bits per heavy atom. The molecular formula is C24H24N4O6S. The average molecular weight is 497 g/mol.